The van der Waals surface area contributed by atoms with Crippen molar-refractivity contribution in [2.45, 2.75) is 6.92 Å². The van der Waals surface area contributed by atoms with Gasteiger partial charge >= 0.3 is 0 Å². The van der Waals surface area contributed by atoms with Gasteiger partial charge in [-0.25, -0.2) is 4.98 Å². The highest BCUT2D eigenvalue weighted by Crippen LogP contribution is 2.26. The van der Waals surface area contributed by atoms with Crippen molar-refractivity contribution in [2.24, 2.45) is 0 Å². The van der Waals surface area contributed by atoms with E-state index in [-0.39, 0.29) is 11.7 Å². The molecule has 0 saturated heterocycles. The molecule has 0 aliphatic rings. The minimum absolute atomic E-state index is 0.0381. The van der Waals surface area contributed by atoms with Crippen LogP contribution in [0, 0.1) is 0 Å². The first-order valence-electron chi connectivity index (χ1n) is 7.06. The lowest BCUT2D eigenvalue weighted by atomic mass is 10.1. The standard InChI is InChI=1S/C18H14N2O2S/c1-12(21)14-8-5-9-15(10-14)20-18(22)17-16(19-11-23-17)13-6-3-2-4-7-13/h2-11H,1H3,(H,20,22). The third-order valence-electron chi connectivity index (χ3n) is 3.35. The van der Waals surface area contributed by atoms with Crippen LogP contribution in [0.1, 0.15) is 27.0 Å². The number of hydrogen-bond donors (Lipinski definition) is 1. The summed E-state index contributed by atoms with van der Waals surface area (Å²) in [5, 5.41) is 2.83. The van der Waals surface area contributed by atoms with Crippen LogP contribution in [0.25, 0.3) is 11.3 Å². The van der Waals surface area contributed by atoms with Crippen LogP contribution in [0.5, 0.6) is 0 Å². The quantitative estimate of drug-likeness (QED) is 0.730. The Morgan fingerprint density at radius 1 is 1.04 bits per heavy atom. The number of hydrogen-bond acceptors (Lipinski definition) is 4. The number of Topliss-reactive ketones (excluding diaryl/α,β-unsaturated/α-hetero) is 1. The summed E-state index contributed by atoms with van der Waals surface area (Å²) in [5.74, 6) is -0.268. The first-order valence-corrected chi connectivity index (χ1v) is 7.94. The molecule has 0 aliphatic carbocycles. The Labute approximate surface area is 137 Å². The predicted octanol–water partition coefficient (Wildman–Crippen LogP) is 4.27. The van der Waals surface area contributed by atoms with Crippen LogP contribution in [0.2, 0.25) is 0 Å². The number of benzene rings is 2. The number of carbonyl (C=O) groups excluding carboxylic acids is 2. The van der Waals surface area contributed by atoms with Gasteiger partial charge in [0, 0.05) is 16.8 Å². The van der Waals surface area contributed by atoms with Crippen molar-refractivity contribution in [2.75, 3.05) is 5.32 Å². The fraction of sp³-hybridized carbons (Fsp3) is 0.0556. The zero-order chi connectivity index (χ0) is 16.2. The lowest BCUT2D eigenvalue weighted by Gasteiger charge is -2.06. The van der Waals surface area contributed by atoms with E-state index in [1.807, 2.05) is 30.3 Å². The van der Waals surface area contributed by atoms with E-state index in [0.29, 0.717) is 21.8 Å². The van der Waals surface area contributed by atoms with Gasteiger partial charge in [0.1, 0.15) is 4.88 Å². The summed E-state index contributed by atoms with van der Waals surface area (Å²) in [6.07, 6.45) is 0. The van der Waals surface area contributed by atoms with Crippen LogP contribution in [-0.4, -0.2) is 16.7 Å². The largest absolute Gasteiger partial charge is 0.321 e. The van der Waals surface area contributed by atoms with Gasteiger partial charge in [-0.3, -0.25) is 9.59 Å². The molecule has 0 spiro atoms. The Morgan fingerprint density at radius 3 is 2.57 bits per heavy atom. The van der Waals surface area contributed by atoms with Gasteiger partial charge in [0.15, 0.2) is 5.78 Å². The van der Waals surface area contributed by atoms with Crippen molar-refractivity contribution >= 4 is 28.7 Å². The number of thiazole rings is 1. The molecule has 3 aromatic rings. The van der Waals surface area contributed by atoms with E-state index in [9.17, 15) is 9.59 Å². The maximum absolute atomic E-state index is 12.5. The van der Waals surface area contributed by atoms with Gasteiger partial charge in [0.2, 0.25) is 0 Å². The van der Waals surface area contributed by atoms with E-state index in [0.717, 1.165) is 5.56 Å². The summed E-state index contributed by atoms with van der Waals surface area (Å²) in [4.78, 5) is 28.8. The molecule has 1 N–H and O–H groups in total. The van der Waals surface area contributed by atoms with Crippen molar-refractivity contribution in [3.63, 3.8) is 0 Å². The lowest BCUT2D eigenvalue weighted by Crippen LogP contribution is -2.12. The van der Waals surface area contributed by atoms with Crippen molar-refractivity contribution in [1.29, 1.82) is 0 Å². The fourth-order valence-electron chi connectivity index (χ4n) is 2.21. The van der Waals surface area contributed by atoms with Crippen LogP contribution in [0.3, 0.4) is 0 Å². The summed E-state index contributed by atoms with van der Waals surface area (Å²) in [5.41, 5.74) is 4.38. The van der Waals surface area contributed by atoms with E-state index < -0.39 is 0 Å². The van der Waals surface area contributed by atoms with Gasteiger partial charge in [0.05, 0.1) is 11.2 Å². The molecule has 114 valence electrons. The van der Waals surface area contributed by atoms with Gasteiger partial charge in [0.25, 0.3) is 5.91 Å². The number of amides is 1. The zero-order valence-corrected chi connectivity index (χ0v) is 13.3. The van der Waals surface area contributed by atoms with Gasteiger partial charge in [-0.2, -0.15) is 0 Å². The van der Waals surface area contributed by atoms with Gasteiger partial charge in [-0.1, -0.05) is 42.5 Å². The van der Waals surface area contributed by atoms with Crippen molar-refractivity contribution in [3.05, 3.63) is 70.5 Å². The molecule has 0 aliphatic heterocycles. The molecule has 4 nitrogen and oxygen atoms in total. The van der Waals surface area contributed by atoms with Crippen LogP contribution in [-0.2, 0) is 0 Å². The van der Waals surface area contributed by atoms with Crippen molar-refractivity contribution in [1.82, 2.24) is 4.98 Å². The highest BCUT2D eigenvalue weighted by molar-refractivity contribution is 7.12. The molecule has 5 heteroatoms. The Bertz CT molecular complexity index is 856. The normalized spacial score (nSPS) is 10.3. The number of aromatic nitrogens is 1. The molecule has 0 radical (unpaired) electrons. The predicted molar refractivity (Wildman–Crippen MR) is 91.9 cm³/mol. The Kier molecular flexibility index (Phi) is 4.30. The number of nitrogens with one attached hydrogen (secondary N) is 1. The number of nitrogens with zero attached hydrogens (tertiary/aromatic N) is 1. The summed E-state index contributed by atoms with van der Waals surface area (Å²) in [6, 6.07) is 16.5. The molecule has 1 aromatic heterocycles. The fourth-order valence-corrected chi connectivity index (χ4v) is 2.92. The van der Waals surface area contributed by atoms with Crippen LogP contribution < -0.4 is 5.32 Å². The second kappa shape index (κ2) is 6.54. The lowest BCUT2D eigenvalue weighted by molar-refractivity contribution is 0.101. The average Bonchev–Trinajstić information content (AvgIpc) is 3.05. The molecular formula is C18H14N2O2S. The minimum atomic E-state index is -0.230. The highest BCUT2D eigenvalue weighted by atomic mass is 32.1. The Balaban J connectivity index is 1.87. The zero-order valence-electron chi connectivity index (χ0n) is 12.4. The molecule has 0 fully saturated rings. The molecular weight excluding hydrogens is 308 g/mol. The molecule has 3 rings (SSSR count). The molecule has 0 unspecified atom stereocenters. The summed E-state index contributed by atoms with van der Waals surface area (Å²) in [6.45, 7) is 1.50. The molecule has 2 aromatic carbocycles. The number of carbonyl (C=O) groups is 2. The molecule has 0 atom stereocenters. The molecule has 0 bridgehead atoms. The smallest absolute Gasteiger partial charge is 0.268 e. The van der Waals surface area contributed by atoms with Gasteiger partial charge in [-0.15, -0.1) is 11.3 Å². The van der Waals surface area contributed by atoms with E-state index in [1.165, 1.54) is 18.3 Å². The first kappa shape index (κ1) is 15.1. The number of anilines is 1. The third kappa shape index (κ3) is 3.35. The monoisotopic (exact) mass is 322 g/mol. The van der Waals surface area contributed by atoms with Crippen LogP contribution >= 0.6 is 11.3 Å². The van der Waals surface area contributed by atoms with Crippen LogP contribution in [0.15, 0.2) is 60.1 Å². The maximum atomic E-state index is 12.5. The van der Waals surface area contributed by atoms with E-state index in [2.05, 4.69) is 10.3 Å². The first-order chi connectivity index (χ1) is 11.1. The van der Waals surface area contributed by atoms with Gasteiger partial charge in [-0.05, 0) is 19.1 Å². The summed E-state index contributed by atoms with van der Waals surface area (Å²) in [7, 11) is 0. The topological polar surface area (TPSA) is 59.1 Å². The maximum Gasteiger partial charge on any atom is 0.268 e. The second-order valence-electron chi connectivity index (χ2n) is 4.99. The third-order valence-corrected chi connectivity index (χ3v) is 4.17. The Morgan fingerprint density at radius 2 is 1.83 bits per heavy atom. The van der Waals surface area contributed by atoms with Crippen molar-refractivity contribution in [3.8, 4) is 11.3 Å². The Hall–Kier alpha value is -2.79. The average molecular weight is 322 g/mol. The van der Waals surface area contributed by atoms with Crippen LogP contribution in [0.4, 0.5) is 5.69 Å². The second-order valence-corrected chi connectivity index (χ2v) is 5.84. The summed E-state index contributed by atoms with van der Waals surface area (Å²) < 4.78 is 0. The van der Waals surface area contributed by atoms with E-state index in [1.54, 1.807) is 29.8 Å². The van der Waals surface area contributed by atoms with Crippen molar-refractivity contribution < 1.29 is 9.59 Å². The molecule has 23 heavy (non-hydrogen) atoms. The minimum Gasteiger partial charge on any atom is -0.321 e. The van der Waals surface area contributed by atoms with E-state index in [4.69, 9.17) is 0 Å². The number of ketones is 1. The molecule has 1 amide bonds. The van der Waals surface area contributed by atoms with E-state index >= 15 is 0 Å². The highest BCUT2D eigenvalue weighted by Gasteiger charge is 2.16. The summed E-state index contributed by atoms with van der Waals surface area (Å²) >= 11 is 1.29. The number of rotatable bonds is 4. The SMILES string of the molecule is CC(=O)c1cccc(NC(=O)c2scnc2-c2ccccc2)c1. The molecule has 0 saturated carbocycles. The van der Waals surface area contributed by atoms with Gasteiger partial charge < -0.3 is 5.32 Å². The molecule has 1 heterocycles.